The summed E-state index contributed by atoms with van der Waals surface area (Å²) in [6.07, 6.45) is -3.61. The van der Waals surface area contributed by atoms with E-state index in [9.17, 15) is 22.8 Å². The summed E-state index contributed by atoms with van der Waals surface area (Å²) >= 11 is 0. The van der Waals surface area contributed by atoms with Gasteiger partial charge < -0.3 is 10.2 Å². The highest BCUT2D eigenvalue weighted by Gasteiger charge is 2.30. The Morgan fingerprint density at radius 3 is 2.77 bits per heavy atom. The minimum atomic E-state index is -4.42. The van der Waals surface area contributed by atoms with E-state index in [1.165, 1.54) is 12.1 Å². The fraction of sp³-hybridized carbons (Fsp3) is 0.467. The van der Waals surface area contributed by atoms with Crippen LogP contribution in [0, 0.1) is 0 Å². The number of halogens is 3. The summed E-state index contributed by atoms with van der Waals surface area (Å²) in [5.41, 5.74) is -0.451. The van der Waals surface area contributed by atoms with Crippen molar-refractivity contribution < 1.29 is 22.8 Å². The first-order valence-electron chi connectivity index (χ1n) is 6.95. The van der Waals surface area contributed by atoms with Crippen LogP contribution in [0.5, 0.6) is 0 Å². The van der Waals surface area contributed by atoms with Gasteiger partial charge in [-0.1, -0.05) is 18.2 Å². The molecular weight excluding hydrogens is 297 g/mol. The van der Waals surface area contributed by atoms with E-state index in [1.807, 2.05) is 0 Å². The molecule has 1 heterocycles. The van der Waals surface area contributed by atoms with Crippen molar-refractivity contribution in [3.05, 3.63) is 35.4 Å². The molecule has 1 unspecified atom stereocenters. The lowest BCUT2D eigenvalue weighted by atomic mass is 10.0. The largest absolute Gasteiger partial charge is 0.416 e. The molecule has 0 saturated carbocycles. The molecule has 0 bridgehead atoms. The van der Waals surface area contributed by atoms with E-state index in [2.05, 4.69) is 5.32 Å². The van der Waals surface area contributed by atoms with E-state index in [4.69, 9.17) is 0 Å². The van der Waals surface area contributed by atoms with Crippen molar-refractivity contribution in [2.45, 2.75) is 31.5 Å². The monoisotopic (exact) mass is 314 g/mol. The molecule has 1 aromatic rings. The molecule has 2 amide bonds. The van der Waals surface area contributed by atoms with Crippen LogP contribution in [-0.4, -0.2) is 36.3 Å². The van der Waals surface area contributed by atoms with Crippen LogP contribution in [0.25, 0.3) is 0 Å². The van der Waals surface area contributed by atoms with Crippen molar-refractivity contribution in [2.24, 2.45) is 0 Å². The summed E-state index contributed by atoms with van der Waals surface area (Å²) in [4.78, 5) is 24.8. The van der Waals surface area contributed by atoms with Gasteiger partial charge in [-0.3, -0.25) is 9.59 Å². The van der Waals surface area contributed by atoms with Gasteiger partial charge in [0.25, 0.3) is 0 Å². The Morgan fingerprint density at radius 1 is 1.41 bits per heavy atom. The summed E-state index contributed by atoms with van der Waals surface area (Å²) < 4.78 is 37.9. The van der Waals surface area contributed by atoms with Gasteiger partial charge in [-0.15, -0.1) is 0 Å². The zero-order valence-electron chi connectivity index (χ0n) is 12.1. The van der Waals surface area contributed by atoms with Gasteiger partial charge in [-0.2, -0.15) is 13.2 Å². The van der Waals surface area contributed by atoms with E-state index in [0.717, 1.165) is 12.1 Å². The van der Waals surface area contributed by atoms with E-state index in [-0.39, 0.29) is 24.3 Å². The van der Waals surface area contributed by atoms with Crippen LogP contribution in [0.2, 0.25) is 0 Å². The van der Waals surface area contributed by atoms with Crippen LogP contribution in [0.1, 0.15) is 24.0 Å². The van der Waals surface area contributed by atoms with E-state index >= 15 is 0 Å². The van der Waals surface area contributed by atoms with Crippen LogP contribution in [-0.2, 0) is 22.2 Å². The van der Waals surface area contributed by atoms with Gasteiger partial charge in [0, 0.05) is 26.1 Å². The van der Waals surface area contributed by atoms with Gasteiger partial charge in [0.1, 0.15) is 0 Å². The average molecular weight is 314 g/mol. The third-order valence-corrected chi connectivity index (χ3v) is 3.61. The van der Waals surface area contributed by atoms with Crippen LogP contribution in [0.15, 0.2) is 24.3 Å². The topological polar surface area (TPSA) is 49.4 Å². The lowest BCUT2D eigenvalue weighted by Crippen LogP contribution is -2.48. The maximum absolute atomic E-state index is 12.6. The van der Waals surface area contributed by atoms with Gasteiger partial charge in [0.2, 0.25) is 11.8 Å². The molecule has 1 fully saturated rings. The molecule has 1 N–H and O–H groups in total. The Hall–Kier alpha value is -2.05. The molecule has 0 aliphatic carbocycles. The van der Waals surface area contributed by atoms with Gasteiger partial charge in [-0.05, 0) is 18.1 Å². The lowest BCUT2D eigenvalue weighted by molar-refractivity contribution is -0.137. The number of rotatable bonds is 3. The number of carbonyl (C=O) groups is 2. The van der Waals surface area contributed by atoms with Gasteiger partial charge in [0.15, 0.2) is 0 Å². The van der Waals surface area contributed by atoms with Gasteiger partial charge in [0.05, 0.1) is 12.0 Å². The van der Waals surface area contributed by atoms with E-state index in [1.54, 1.807) is 11.9 Å². The van der Waals surface area contributed by atoms with Crippen LogP contribution >= 0.6 is 0 Å². The molecule has 1 aliphatic heterocycles. The highest BCUT2D eigenvalue weighted by Crippen LogP contribution is 2.29. The summed E-state index contributed by atoms with van der Waals surface area (Å²) in [7, 11) is 1.66. The maximum Gasteiger partial charge on any atom is 0.416 e. The second-order valence-electron chi connectivity index (χ2n) is 5.45. The van der Waals surface area contributed by atoms with Crippen LogP contribution < -0.4 is 5.32 Å². The smallest absolute Gasteiger partial charge is 0.351 e. The predicted molar refractivity (Wildman–Crippen MR) is 73.9 cm³/mol. The van der Waals surface area contributed by atoms with E-state index < -0.39 is 11.7 Å². The van der Waals surface area contributed by atoms with Crippen molar-refractivity contribution in [1.82, 2.24) is 10.2 Å². The van der Waals surface area contributed by atoms with E-state index in [0.29, 0.717) is 24.9 Å². The van der Waals surface area contributed by atoms with Crippen molar-refractivity contribution in [3.63, 3.8) is 0 Å². The number of nitrogens with zero attached hydrogens (tertiary/aromatic N) is 1. The van der Waals surface area contributed by atoms with Crippen LogP contribution in [0.4, 0.5) is 13.2 Å². The molecule has 0 radical (unpaired) electrons. The number of likely N-dealkylation sites (N-methyl/N-ethyl adjacent to an activating group) is 1. The number of hydrogen-bond acceptors (Lipinski definition) is 2. The Balaban J connectivity index is 1.94. The maximum atomic E-state index is 12.6. The SMILES string of the molecule is CN1CC(NC(=O)Cc2cccc(C(F)(F)F)c2)CCC1=O. The zero-order valence-corrected chi connectivity index (χ0v) is 12.1. The Labute approximate surface area is 126 Å². The summed E-state index contributed by atoms with van der Waals surface area (Å²) in [6.45, 7) is 0.424. The Morgan fingerprint density at radius 2 is 2.14 bits per heavy atom. The molecule has 0 spiro atoms. The number of likely N-dealkylation sites (tertiary alicyclic amines) is 1. The average Bonchev–Trinajstić information content (AvgIpc) is 2.42. The summed E-state index contributed by atoms with van der Waals surface area (Å²) in [5.74, 6) is -0.310. The molecule has 22 heavy (non-hydrogen) atoms. The zero-order chi connectivity index (χ0) is 16.3. The molecule has 1 aromatic carbocycles. The van der Waals surface area contributed by atoms with Crippen LogP contribution in [0.3, 0.4) is 0 Å². The number of amides is 2. The number of carbonyl (C=O) groups excluding carboxylic acids is 2. The highest BCUT2D eigenvalue weighted by atomic mass is 19.4. The molecule has 4 nitrogen and oxygen atoms in total. The number of nitrogens with one attached hydrogen (secondary N) is 1. The molecule has 0 aromatic heterocycles. The molecule has 1 atom stereocenters. The second-order valence-corrected chi connectivity index (χ2v) is 5.45. The van der Waals surface area contributed by atoms with Crippen molar-refractivity contribution in [1.29, 1.82) is 0 Å². The lowest BCUT2D eigenvalue weighted by Gasteiger charge is -2.30. The third kappa shape index (κ3) is 4.22. The van der Waals surface area contributed by atoms with Gasteiger partial charge >= 0.3 is 6.18 Å². The van der Waals surface area contributed by atoms with Crippen molar-refractivity contribution in [2.75, 3.05) is 13.6 Å². The Kier molecular flexibility index (Phi) is 4.73. The number of alkyl halides is 3. The minimum absolute atomic E-state index is 0.0309. The molecule has 1 saturated heterocycles. The quantitative estimate of drug-likeness (QED) is 0.927. The molecule has 1 aliphatic rings. The van der Waals surface area contributed by atoms with Gasteiger partial charge in [-0.25, -0.2) is 0 Å². The first kappa shape index (κ1) is 16.3. The first-order valence-corrected chi connectivity index (χ1v) is 6.95. The Bertz CT molecular complexity index is 572. The third-order valence-electron chi connectivity index (χ3n) is 3.61. The summed E-state index contributed by atoms with van der Waals surface area (Å²) in [5, 5.41) is 2.76. The van der Waals surface area contributed by atoms with Crippen molar-refractivity contribution in [3.8, 4) is 0 Å². The second kappa shape index (κ2) is 6.37. The minimum Gasteiger partial charge on any atom is -0.351 e. The fourth-order valence-corrected chi connectivity index (χ4v) is 2.45. The fourth-order valence-electron chi connectivity index (χ4n) is 2.45. The molecule has 7 heteroatoms. The van der Waals surface area contributed by atoms with Crippen molar-refractivity contribution >= 4 is 11.8 Å². The molecule has 120 valence electrons. The predicted octanol–water partition coefficient (Wildman–Crippen LogP) is 1.98. The standard InChI is InChI=1S/C15H17F3N2O2/c1-20-9-12(5-6-14(20)22)19-13(21)8-10-3-2-4-11(7-10)15(16,17)18/h2-4,7,12H,5-6,8-9H2,1H3,(H,19,21). The number of benzene rings is 1. The normalized spacial score (nSPS) is 19.2. The highest BCUT2D eigenvalue weighted by molar-refractivity contribution is 5.80. The first-order chi connectivity index (χ1) is 10.3. The molecule has 2 rings (SSSR count). The number of hydrogen-bond donors (Lipinski definition) is 1. The molecular formula is C15H17F3N2O2. The number of piperidine rings is 1. The summed E-state index contributed by atoms with van der Waals surface area (Å²) in [6, 6.07) is 4.59.